The molecule has 0 bridgehead atoms. The second-order valence-corrected chi connectivity index (χ2v) is 6.24. The standard InChI is InChI=1S/C19H23N3/c1-4-11-21(12-5-1)14-15-22-13-10-20-19-17-7-3-2-6-16(17)8-9-18(19)22/h2-3,6-10,13,20H,1,4-5,11-12,14-15H2. The maximum Gasteiger partial charge on any atom is 0.0701 e. The summed E-state index contributed by atoms with van der Waals surface area (Å²) in [6.45, 7) is 4.74. The van der Waals surface area contributed by atoms with E-state index in [1.807, 2.05) is 0 Å². The van der Waals surface area contributed by atoms with Gasteiger partial charge in [-0.05, 0) is 37.4 Å². The first kappa shape index (κ1) is 13.6. The quantitative estimate of drug-likeness (QED) is 0.922. The molecule has 0 unspecified atom stereocenters. The molecule has 0 radical (unpaired) electrons. The molecule has 1 saturated heterocycles. The van der Waals surface area contributed by atoms with E-state index in [9.17, 15) is 0 Å². The zero-order chi connectivity index (χ0) is 14.8. The van der Waals surface area contributed by atoms with Gasteiger partial charge >= 0.3 is 0 Å². The fourth-order valence-corrected chi connectivity index (χ4v) is 3.57. The van der Waals surface area contributed by atoms with Crippen LogP contribution >= 0.6 is 0 Å². The molecule has 2 aromatic carbocycles. The van der Waals surface area contributed by atoms with Crippen molar-refractivity contribution >= 4 is 22.1 Å². The fraction of sp³-hybridized carbons (Fsp3) is 0.368. The SMILES string of the molecule is C1=CN(CCN2CCCCC2)c2ccc3ccccc3c2N1. The number of nitrogens with zero attached hydrogens (tertiary/aromatic N) is 2. The average molecular weight is 293 g/mol. The van der Waals surface area contributed by atoms with Crippen LogP contribution in [0.1, 0.15) is 19.3 Å². The average Bonchev–Trinajstić information content (AvgIpc) is 2.60. The summed E-state index contributed by atoms with van der Waals surface area (Å²) in [6, 6.07) is 13.0. The Morgan fingerprint density at radius 2 is 1.77 bits per heavy atom. The second kappa shape index (κ2) is 6.01. The van der Waals surface area contributed by atoms with E-state index in [0.717, 1.165) is 13.1 Å². The first-order valence-corrected chi connectivity index (χ1v) is 8.36. The van der Waals surface area contributed by atoms with E-state index in [2.05, 4.69) is 63.9 Å². The molecule has 3 nitrogen and oxygen atoms in total. The molecule has 4 rings (SSSR count). The number of benzene rings is 2. The van der Waals surface area contributed by atoms with E-state index in [-0.39, 0.29) is 0 Å². The minimum absolute atomic E-state index is 1.06. The van der Waals surface area contributed by atoms with Crippen LogP contribution in [0.2, 0.25) is 0 Å². The van der Waals surface area contributed by atoms with E-state index in [4.69, 9.17) is 0 Å². The van der Waals surface area contributed by atoms with Crippen LogP contribution in [0, 0.1) is 0 Å². The Bertz CT molecular complexity index is 686. The van der Waals surface area contributed by atoms with Crippen molar-refractivity contribution in [1.29, 1.82) is 0 Å². The van der Waals surface area contributed by atoms with Gasteiger partial charge < -0.3 is 15.1 Å². The van der Waals surface area contributed by atoms with E-state index in [1.165, 1.54) is 54.5 Å². The Hall–Kier alpha value is -2.00. The third kappa shape index (κ3) is 2.57. The lowest BCUT2D eigenvalue weighted by Crippen LogP contribution is -2.37. The maximum atomic E-state index is 3.44. The van der Waals surface area contributed by atoms with Crippen LogP contribution in [0.5, 0.6) is 0 Å². The molecule has 0 aromatic heterocycles. The van der Waals surface area contributed by atoms with Gasteiger partial charge in [0.2, 0.25) is 0 Å². The summed E-state index contributed by atoms with van der Waals surface area (Å²) in [7, 11) is 0. The molecule has 2 aromatic rings. The Labute approximate surface area is 132 Å². The van der Waals surface area contributed by atoms with Crippen molar-refractivity contribution in [3.05, 3.63) is 48.8 Å². The normalized spacial score (nSPS) is 18.3. The molecule has 0 amide bonds. The van der Waals surface area contributed by atoms with Crippen LogP contribution in [0.3, 0.4) is 0 Å². The molecular weight excluding hydrogens is 270 g/mol. The van der Waals surface area contributed by atoms with Gasteiger partial charge in [-0.1, -0.05) is 36.8 Å². The Morgan fingerprint density at radius 1 is 0.909 bits per heavy atom. The number of piperidine rings is 1. The van der Waals surface area contributed by atoms with E-state index >= 15 is 0 Å². The highest BCUT2D eigenvalue weighted by molar-refractivity contribution is 6.01. The van der Waals surface area contributed by atoms with Crippen molar-refractivity contribution < 1.29 is 0 Å². The minimum atomic E-state index is 1.06. The molecular formula is C19H23N3. The summed E-state index contributed by atoms with van der Waals surface area (Å²) >= 11 is 0. The van der Waals surface area contributed by atoms with Gasteiger partial charge in [-0.15, -0.1) is 0 Å². The van der Waals surface area contributed by atoms with Crippen LogP contribution in [0.4, 0.5) is 11.4 Å². The van der Waals surface area contributed by atoms with Crippen molar-refractivity contribution in [2.75, 3.05) is 36.4 Å². The smallest absolute Gasteiger partial charge is 0.0701 e. The first-order chi connectivity index (χ1) is 10.9. The Balaban J connectivity index is 1.56. The second-order valence-electron chi connectivity index (χ2n) is 6.24. The van der Waals surface area contributed by atoms with Crippen LogP contribution in [0.15, 0.2) is 48.8 Å². The predicted octanol–water partition coefficient (Wildman–Crippen LogP) is 4.03. The molecule has 1 fully saturated rings. The number of anilines is 2. The first-order valence-electron chi connectivity index (χ1n) is 8.36. The summed E-state index contributed by atoms with van der Waals surface area (Å²) in [5, 5.41) is 6.03. The number of hydrogen-bond donors (Lipinski definition) is 1. The third-order valence-electron chi connectivity index (χ3n) is 4.80. The lowest BCUT2D eigenvalue weighted by atomic mass is 10.1. The highest BCUT2D eigenvalue weighted by Crippen LogP contribution is 2.36. The lowest BCUT2D eigenvalue weighted by molar-refractivity contribution is 0.234. The van der Waals surface area contributed by atoms with Crippen molar-refractivity contribution in [2.24, 2.45) is 0 Å². The lowest BCUT2D eigenvalue weighted by Gasteiger charge is -2.32. The van der Waals surface area contributed by atoms with Crippen molar-refractivity contribution in [1.82, 2.24) is 4.90 Å². The predicted molar refractivity (Wildman–Crippen MR) is 94.3 cm³/mol. The summed E-state index contributed by atoms with van der Waals surface area (Å²) < 4.78 is 0. The monoisotopic (exact) mass is 293 g/mol. The molecule has 1 N–H and O–H groups in total. The van der Waals surface area contributed by atoms with Crippen LogP contribution in [-0.4, -0.2) is 31.1 Å². The molecule has 0 saturated carbocycles. The zero-order valence-electron chi connectivity index (χ0n) is 13.0. The molecule has 2 heterocycles. The van der Waals surface area contributed by atoms with Crippen LogP contribution in [0.25, 0.3) is 10.8 Å². The fourth-order valence-electron chi connectivity index (χ4n) is 3.57. The number of fused-ring (bicyclic) bond motifs is 3. The van der Waals surface area contributed by atoms with Gasteiger partial charge in [0.25, 0.3) is 0 Å². The number of hydrogen-bond acceptors (Lipinski definition) is 3. The van der Waals surface area contributed by atoms with Gasteiger partial charge in [0.05, 0.1) is 11.4 Å². The molecule has 3 heteroatoms. The molecule has 114 valence electrons. The van der Waals surface area contributed by atoms with E-state index in [0.29, 0.717) is 0 Å². The molecule has 2 aliphatic heterocycles. The Morgan fingerprint density at radius 3 is 2.68 bits per heavy atom. The molecule has 22 heavy (non-hydrogen) atoms. The molecule has 2 aliphatic rings. The summed E-state index contributed by atoms with van der Waals surface area (Å²) in [6.07, 6.45) is 8.35. The summed E-state index contributed by atoms with van der Waals surface area (Å²) in [4.78, 5) is 4.98. The van der Waals surface area contributed by atoms with Gasteiger partial charge in [0, 0.05) is 30.9 Å². The van der Waals surface area contributed by atoms with Crippen molar-refractivity contribution in [3.8, 4) is 0 Å². The van der Waals surface area contributed by atoms with Crippen molar-refractivity contribution in [3.63, 3.8) is 0 Å². The van der Waals surface area contributed by atoms with Gasteiger partial charge in [0.1, 0.15) is 0 Å². The number of rotatable bonds is 3. The summed E-state index contributed by atoms with van der Waals surface area (Å²) in [5.41, 5.74) is 2.53. The third-order valence-corrected chi connectivity index (χ3v) is 4.80. The van der Waals surface area contributed by atoms with Gasteiger partial charge in [-0.25, -0.2) is 0 Å². The summed E-state index contributed by atoms with van der Waals surface area (Å²) in [5.74, 6) is 0. The highest BCUT2D eigenvalue weighted by Gasteiger charge is 2.17. The molecule has 0 aliphatic carbocycles. The van der Waals surface area contributed by atoms with Crippen LogP contribution in [-0.2, 0) is 0 Å². The van der Waals surface area contributed by atoms with Crippen molar-refractivity contribution in [2.45, 2.75) is 19.3 Å². The maximum absolute atomic E-state index is 3.44. The van der Waals surface area contributed by atoms with Crippen LogP contribution < -0.4 is 10.2 Å². The Kier molecular flexibility index (Phi) is 3.73. The highest BCUT2D eigenvalue weighted by atomic mass is 15.2. The largest absolute Gasteiger partial charge is 0.358 e. The van der Waals surface area contributed by atoms with Gasteiger partial charge in [-0.3, -0.25) is 0 Å². The molecule has 0 atom stereocenters. The number of nitrogens with one attached hydrogen (secondary N) is 1. The zero-order valence-corrected chi connectivity index (χ0v) is 13.0. The number of likely N-dealkylation sites (tertiary alicyclic amines) is 1. The topological polar surface area (TPSA) is 18.5 Å². The van der Waals surface area contributed by atoms with Gasteiger partial charge in [0.15, 0.2) is 0 Å². The molecule has 0 spiro atoms. The van der Waals surface area contributed by atoms with Gasteiger partial charge in [-0.2, -0.15) is 0 Å². The van der Waals surface area contributed by atoms with E-state index in [1.54, 1.807) is 0 Å². The minimum Gasteiger partial charge on any atom is -0.358 e. The van der Waals surface area contributed by atoms with E-state index < -0.39 is 0 Å².